The standard InChI is InChI=1S/C18H29N5O/c1-5-6-9-13-23(4)18(19-2)21-15-17(24)22(3)14-11-16-10-7-8-12-20-16/h5,7-8,10,12H,1,6,9,11,13-15H2,2-4H3,(H,19,21). The van der Waals surface area contributed by atoms with E-state index in [1.54, 1.807) is 18.1 Å². The summed E-state index contributed by atoms with van der Waals surface area (Å²) in [4.78, 5) is 24.4. The molecule has 0 unspecified atom stereocenters. The van der Waals surface area contributed by atoms with Gasteiger partial charge in [0, 0.05) is 52.5 Å². The van der Waals surface area contributed by atoms with Gasteiger partial charge in [-0.05, 0) is 25.0 Å². The number of hydrogen-bond donors (Lipinski definition) is 1. The van der Waals surface area contributed by atoms with Gasteiger partial charge in [0.05, 0.1) is 6.54 Å². The van der Waals surface area contributed by atoms with Crippen molar-refractivity contribution in [3.8, 4) is 0 Å². The number of nitrogens with zero attached hydrogens (tertiary/aromatic N) is 4. The Morgan fingerprint density at radius 3 is 2.75 bits per heavy atom. The average molecular weight is 331 g/mol. The van der Waals surface area contributed by atoms with Crippen LogP contribution in [0.15, 0.2) is 42.0 Å². The maximum absolute atomic E-state index is 12.2. The lowest BCUT2D eigenvalue weighted by Gasteiger charge is -2.23. The Bertz CT molecular complexity index is 529. The van der Waals surface area contributed by atoms with Crippen LogP contribution >= 0.6 is 0 Å². The van der Waals surface area contributed by atoms with Crippen molar-refractivity contribution in [3.05, 3.63) is 42.7 Å². The molecule has 0 saturated carbocycles. The molecule has 0 radical (unpaired) electrons. The van der Waals surface area contributed by atoms with E-state index in [4.69, 9.17) is 0 Å². The Kier molecular flexibility index (Phi) is 9.19. The van der Waals surface area contributed by atoms with Crippen LogP contribution in [0.1, 0.15) is 18.5 Å². The third kappa shape index (κ3) is 7.26. The summed E-state index contributed by atoms with van der Waals surface area (Å²) in [5.41, 5.74) is 0.989. The van der Waals surface area contributed by atoms with Crippen LogP contribution in [0.25, 0.3) is 0 Å². The fraction of sp³-hybridized carbons (Fsp3) is 0.500. The number of aromatic nitrogens is 1. The fourth-order valence-corrected chi connectivity index (χ4v) is 2.21. The first-order valence-electron chi connectivity index (χ1n) is 8.25. The minimum absolute atomic E-state index is 0.0339. The molecule has 1 N–H and O–H groups in total. The number of carbonyl (C=O) groups is 1. The first-order chi connectivity index (χ1) is 11.6. The zero-order valence-corrected chi connectivity index (χ0v) is 15.0. The Labute approximate surface area is 145 Å². The van der Waals surface area contributed by atoms with Crippen molar-refractivity contribution in [1.82, 2.24) is 20.1 Å². The van der Waals surface area contributed by atoms with E-state index < -0.39 is 0 Å². The molecule has 0 spiro atoms. The number of aliphatic imine (C=N–C) groups is 1. The summed E-state index contributed by atoms with van der Waals surface area (Å²) < 4.78 is 0. The van der Waals surface area contributed by atoms with Crippen molar-refractivity contribution in [2.45, 2.75) is 19.3 Å². The molecule has 1 heterocycles. The Morgan fingerprint density at radius 2 is 2.12 bits per heavy atom. The molecule has 0 aliphatic carbocycles. The number of likely N-dealkylation sites (N-methyl/N-ethyl adjacent to an activating group) is 1. The van der Waals surface area contributed by atoms with E-state index >= 15 is 0 Å². The number of carbonyl (C=O) groups excluding carboxylic acids is 1. The second kappa shape index (κ2) is 11.2. The highest BCUT2D eigenvalue weighted by molar-refractivity contribution is 5.86. The fourth-order valence-electron chi connectivity index (χ4n) is 2.21. The Hall–Kier alpha value is -2.37. The molecule has 0 fully saturated rings. The van der Waals surface area contributed by atoms with Gasteiger partial charge in [0.1, 0.15) is 0 Å². The highest BCUT2D eigenvalue weighted by Crippen LogP contribution is 1.97. The molecule has 1 amide bonds. The van der Waals surface area contributed by atoms with E-state index in [9.17, 15) is 4.79 Å². The zero-order valence-electron chi connectivity index (χ0n) is 15.0. The smallest absolute Gasteiger partial charge is 0.241 e. The molecular weight excluding hydrogens is 302 g/mol. The second-order valence-corrected chi connectivity index (χ2v) is 5.64. The van der Waals surface area contributed by atoms with Crippen molar-refractivity contribution in [1.29, 1.82) is 0 Å². The topological polar surface area (TPSA) is 60.8 Å². The van der Waals surface area contributed by atoms with Crippen molar-refractivity contribution in [2.75, 3.05) is 40.8 Å². The molecule has 1 rings (SSSR count). The first kappa shape index (κ1) is 19.7. The summed E-state index contributed by atoms with van der Waals surface area (Å²) in [5, 5.41) is 3.12. The third-order valence-corrected chi connectivity index (χ3v) is 3.73. The molecule has 0 aromatic carbocycles. The Balaban J connectivity index is 2.35. The monoisotopic (exact) mass is 331 g/mol. The largest absolute Gasteiger partial charge is 0.347 e. The number of allylic oxidation sites excluding steroid dienone is 1. The number of pyridine rings is 1. The van der Waals surface area contributed by atoms with Crippen LogP contribution in [0.4, 0.5) is 0 Å². The normalized spacial score (nSPS) is 11.0. The maximum atomic E-state index is 12.2. The summed E-state index contributed by atoms with van der Waals surface area (Å²) in [5.74, 6) is 0.761. The van der Waals surface area contributed by atoms with E-state index in [1.807, 2.05) is 43.3 Å². The lowest BCUT2D eigenvalue weighted by atomic mass is 10.2. The van der Waals surface area contributed by atoms with Crippen molar-refractivity contribution < 1.29 is 4.79 Å². The molecular formula is C18H29N5O. The average Bonchev–Trinajstić information content (AvgIpc) is 2.61. The SMILES string of the molecule is C=CCCCN(C)C(=NC)NCC(=O)N(C)CCc1ccccn1. The molecule has 0 atom stereocenters. The predicted octanol–water partition coefficient (Wildman–Crippen LogP) is 1.56. The molecule has 6 heteroatoms. The van der Waals surface area contributed by atoms with Gasteiger partial charge in [0.25, 0.3) is 0 Å². The minimum atomic E-state index is 0.0339. The number of nitrogens with one attached hydrogen (secondary N) is 1. The molecule has 1 aromatic rings. The molecule has 1 aromatic heterocycles. The van der Waals surface area contributed by atoms with Crippen LogP contribution in [0.5, 0.6) is 0 Å². The van der Waals surface area contributed by atoms with Crippen LogP contribution in [0.2, 0.25) is 0 Å². The lowest BCUT2D eigenvalue weighted by molar-refractivity contribution is -0.128. The van der Waals surface area contributed by atoms with E-state index in [1.165, 1.54) is 0 Å². The summed E-state index contributed by atoms with van der Waals surface area (Å²) in [6, 6.07) is 5.81. The van der Waals surface area contributed by atoms with Gasteiger partial charge in [-0.25, -0.2) is 0 Å². The Morgan fingerprint density at radius 1 is 1.33 bits per heavy atom. The van der Waals surface area contributed by atoms with E-state index in [2.05, 4.69) is 21.9 Å². The van der Waals surface area contributed by atoms with Crippen molar-refractivity contribution in [3.63, 3.8) is 0 Å². The van der Waals surface area contributed by atoms with Gasteiger partial charge in [0.2, 0.25) is 5.91 Å². The summed E-state index contributed by atoms with van der Waals surface area (Å²) in [6.45, 7) is 5.47. The van der Waals surface area contributed by atoms with E-state index in [-0.39, 0.29) is 12.5 Å². The number of rotatable bonds is 9. The predicted molar refractivity (Wildman–Crippen MR) is 99.0 cm³/mol. The number of unbranched alkanes of at least 4 members (excludes halogenated alkanes) is 1. The minimum Gasteiger partial charge on any atom is -0.347 e. The van der Waals surface area contributed by atoms with Crippen molar-refractivity contribution >= 4 is 11.9 Å². The highest BCUT2D eigenvalue weighted by Gasteiger charge is 2.11. The molecule has 132 valence electrons. The summed E-state index contributed by atoms with van der Waals surface area (Å²) in [6.07, 6.45) is 6.41. The second-order valence-electron chi connectivity index (χ2n) is 5.64. The van der Waals surface area contributed by atoms with Gasteiger partial charge in [-0.15, -0.1) is 6.58 Å². The third-order valence-electron chi connectivity index (χ3n) is 3.73. The quantitative estimate of drug-likeness (QED) is 0.323. The molecule has 0 aliphatic heterocycles. The van der Waals surface area contributed by atoms with Crippen LogP contribution in [-0.2, 0) is 11.2 Å². The van der Waals surface area contributed by atoms with Crippen LogP contribution in [0, 0.1) is 0 Å². The number of hydrogen-bond acceptors (Lipinski definition) is 3. The molecule has 0 saturated heterocycles. The maximum Gasteiger partial charge on any atom is 0.241 e. The lowest BCUT2D eigenvalue weighted by Crippen LogP contribution is -2.45. The molecule has 0 aliphatic rings. The van der Waals surface area contributed by atoms with Gasteiger partial charge < -0.3 is 15.1 Å². The van der Waals surface area contributed by atoms with Gasteiger partial charge >= 0.3 is 0 Å². The van der Waals surface area contributed by atoms with Gasteiger partial charge in [0.15, 0.2) is 5.96 Å². The zero-order chi connectivity index (χ0) is 17.8. The van der Waals surface area contributed by atoms with Gasteiger partial charge in [-0.3, -0.25) is 14.8 Å². The first-order valence-corrected chi connectivity index (χ1v) is 8.25. The molecule has 0 bridgehead atoms. The van der Waals surface area contributed by atoms with Crippen LogP contribution < -0.4 is 5.32 Å². The summed E-state index contributed by atoms with van der Waals surface area (Å²) in [7, 11) is 5.50. The molecule has 24 heavy (non-hydrogen) atoms. The van der Waals surface area contributed by atoms with Crippen molar-refractivity contribution in [2.24, 2.45) is 4.99 Å². The number of amides is 1. The molecule has 6 nitrogen and oxygen atoms in total. The van der Waals surface area contributed by atoms with E-state index in [0.717, 1.165) is 37.5 Å². The van der Waals surface area contributed by atoms with E-state index in [0.29, 0.717) is 6.54 Å². The van der Waals surface area contributed by atoms with Crippen LogP contribution in [-0.4, -0.2) is 67.4 Å². The summed E-state index contributed by atoms with van der Waals surface area (Å²) >= 11 is 0. The highest BCUT2D eigenvalue weighted by atomic mass is 16.2. The number of guanidine groups is 1. The van der Waals surface area contributed by atoms with Crippen LogP contribution in [0.3, 0.4) is 0 Å². The van der Waals surface area contributed by atoms with Gasteiger partial charge in [-0.2, -0.15) is 0 Å². The van der Waals surface area contributed by atoms with Gasteiger partial charge in [-0.1, -0.05) is 12.1 Å².